The van der Waals surface area contributed by atoms with E-state index in [4.69, 9.17) is 16.0 Å². The molecular weight excluding hydrogens is 412 g/mol. The number of benzene rings is 2. The van der Waals surface area contributed by atoms with Crippen molar-refractivity contribution in [3.05, 3.63) is 83.1 Å². The molecule has 0 saturated heterocycles. The van der Waals surface area contributed by atoms with E-state index >= 15 is 0 Å². The van der Waals surface area contributed by atoms with Crippen LogP contribution in [0.5, 0.6) is 0 Å². The number of halogens is 1. The molecule has 0 spiro atoms. The second-order valence-corrected chi connectivity index (χ2v) is 8.58. The van der Waals surface area contributed by atoms with Crippen molar-refractivity contribution in [1.29, 1.82) is 0 Å². The van der Waals surface area contributed by atoms with Crippen LogP contribution in [0.2, 0.25) is 5.02 Å². The fourth-order valence-corrected chi connectivity index (χ4v) is 4.00. The summed E-state index contributed by atoms with van der Waals surface area (Å²) >= 11 is 5.92. The van der Waals surface area contributed by atoms with Crippen molar-refractivity contribution in [3.63, 3.8) is 0 Å². The number of furan rings is 1. The van der Waals surface area contributed by atoms with Gasteiger partial charge in [-0.1, -0.05) is 41.4 Å². The molecule has 0 fully saturated rings. The first kappa shape index (κ1) is 19.2. The molecule has 0 aliphatic rings. The van der Waals surface area contributed by atoms with E-state index in [0.717, 1.165) is 15.2 Å². The fraction of sp³-hybridized carbons (Fsp3) is 0.100. The predicted octanol–water partition coefficient (Wildman–Crippen LogP) is 4.35. The first-order chi connectivity index (χ1) is 13.9. The Morgan fingerprint density at radius 3 is 2.45 bits per heavy atom. The summed E-state index contributed by atoms with van der Waals surface area (Å²) in [6.45, 7) is 2.23. The lowest BCUT2D eigenvalue weighted by Crippen LogP contribution is -2.18. The van der Waals surface area contributed by atoms with E-state index in [-0.39, 0.29) is 16.7 Å². The molecule has 4 aromatic rings. The highest BCUT2D eigenvalue weighted by molar-refractivity contribution is 7.90. The van der Waals surface area contributed by atoms with E-state index < -0.39 is 10.0 Å². The zero-order chi connectivity index (χ0) is 20.4. The monoisotopic (exact) mass is 428 g/mol. The lowest BCUT2D eigenvalue weighted by atomic mass is 10.2. The highest BCUT2D eigenvalue weighted by atomic mass is 35.5. The Labute approximate surface area is 173 Å². The highest BCUT2D eigenvalue weighted by Gasteiger charge is 2.25. The second kappa shape index (κ2) is 7.73. The van der Waals surface area contributed by atoms with E-state index in [0.29, 0.717) is 17.3 Å². The van der Waals surface area contributed by atoms with Gasteiger partial charge >= 0.3 is 0 Å². The number of hydrogen-bond donors (Lipinski definition) is 1. The molecule has 4 rings (SSSR count). The summed E-state index contributed by atoms with van der Waals surface area (Å²) in [5.74, 6) is 0.633. The molecule has 148 valence electrons. The number of nitrogens with zero attached hydrogens (tertiary/aromatic N) is 3. The van der Waals surface area contributed by atoms with Crippen LogP contribution in [-0.2, 0) is 16.6 Å². The summed E-state index contributed by atoms with van der Waals surface area (Å²) in [7, 11) is -3.95. The van der Waals surface area contributed by atoms with Crippen LogP contribution in [0.15, 0.2) is 76.2 Å². The summed E-state index contributed by atoms with van der Waals surface area (Å²) in [4.78, 5) is 4.46. The van der Waals surface area contributed by atoms with E-state index in [2.05, 4.69) is 15.4 Å². The van der Waals surface area contributed by atoms with Crippen molar-refractivity contribution in [3.8, 4) is 11.6 Å². The van der Waals surface area contributed by atoms with Crippen molar-refractivity contribution < 1.29 is 12.8 Å². The second-order valence-electron chi connectivity index (χ2n) is 6.38. The molecule has 2 aromatic heterocycles. The molecule has 0 unspecified atom stereocenters. The van der Waals surface area contributed by atoms with Crippen molar-refractivity contribution in [2.75, 3.05) is 5.32 Å². The van der Waals surface area contributed by atoms with Crippen LogP contribution < -0.4 is 5.32 Å². The minimum atomic E-state index is -3.95. The largest absolute Gasteiger partial charge is 0.461 e. The van der Waals surface area contributed by atoms with Crippen molar-refractivity contribution in [2.45, 2.75) is 18.4 Å². The number of aryl methyl sites for hydroxylation is 1. The zero-order valence-corrected chi connectivity index (χ0v) is 17.0. The summed E-state index contributed by atoms with van der Waals surface area (Å²) in [6.07, 6.45) is 1.48. The molecule has 9 heteroatoms. The van der Waals surface area contributed by atoms with Gasteiger partial charge in [-0.05, 0) is 48.9 Å². The Morgan fingerprint density at radius 2 is 1.79 bits per heavy atom. The third kappa shape index (κ3) is 4.03. The van der Waals surface area contributed by atoms with Gasteiger partial charge in [-0.3, -0.25) is 0 Å². The molecule has 0 amide bonds. The molecular formula is C20H17ClN4O3S. The van der Waals surface area contributed by atoms with Gasteiger partial charge in [-0.2, -0.15) is 13.4 Å². The van der Waals surface area contributed by atoms with E-state index in [1.54, 1.807) is 48.5 Å². The molecule has 0 aliphatic carbocycles. The summed E-state index contributed by atoms with van der Waals surface area (Å²) < 4.78 is 32.6. The van der Waals surface area contributed by atoms with Gasteiger partial charge in [0.2, 0.25) is 11.8 Å². The maximum Gasteiger partial charge on any atom is 0.286 e. The van der Waals surface area contributed by atoms with Gasteiger partial charge in [-0.15, -0.1) is 9.19 Å². The van der Waals surface area contributed by atoms with Crippen LogP contribution in [0, 0.1) is 6.92 Å². The van der Waals surface area contributed by atoms with Gasteiger partial charge in [0.1, 0.15) is 0 Å². The minimum Gasteiger partial charge on any atom is -0.461 e. The molecule has 2 heterocycles. The van der Waals surface area contributed by atoms with Gasteiger partial charge in [0, 0.05) is 11.6 Å². The SMILES string of the molecule is Cc1ccc(S(=O)(=O)n2nc(-c3ccco3)nc2NCc2ccc(Cl)cc2)cc1. The van der Waals surface area contributed by atoms with Gasteiger partial charge in [0.05, 0.1) is 11.2 Å². The smallest absolute Gasteiger partial charge is 0.286 e. The zero-order valence-electron chi connectivity index (χ0n) is 15.4. The molecule has 2 aromatic carbocycles. The van der Waals surface area contributed by atoms with Gasteiger partial charge < -0.3 is 9.73 Å². The molecule has 1 N–H and O–H groups in total. The molecule has 29 heavy (non-hydrogen) atoms. The first-order valence-electron chi connectivity index (χ1n) is 8.75. The van der Waals surface area contributed by atoms with Gasteiger partial charge in [0.25, 0.3) is 10.0 Å². The number of aromatic nitrogens is 3. The standard InChI is InChI=1S/C20H17ClN4O3S/c1-14-4-10-17(11-5-14)29(26,27)25-20(22-13-15-6-8-16(21)9-7-15)23-19(24-25)18-3-2-12-28-18/h2-12H,13H2,1H3,(H,22,23,24). The third-order valence-electron chi connectivity index (χ3n) is 4.23. The summed E-state index contributed by atoms with van der Waals surface area (Å²) in [5, 5.41) is 7.86. The summed E-state index contributed by atoms with van der Waals surface area (Å²) in [6, 6.07) is 17.1. The minimum absolute atomic E-state index is 0.0897. The van der Waals surface area contributed by atoms with Crippen molar-refractivity contribution in [2.24, 2.45) is 0 Å². The lowest BCUT2D eigenvalue weighted by molar-refractivity contribution is 0.573. The van der Waals surface area contributed by atoms with Gasteiger partial charge in [0.15, 0.2) is 5.76 Å². The van der Waals surface area contributed by atoms with Crippen LogP contribution in [0.3, 0.4) is 0 Å². The molecule has 0 atom stereocenters. The Kier molecular flexibility index (Phi) is 5.12. The predicted molar refractivity (Wildman–Crippen MR) is 110 cm³/mol. The Morgan fingerprint density at radius 1 is 1.07 bits per heavy atom. The van der Waals surface area contributed by atoms with Crippen molar-refractivity contribution in [1.82, 2.24) is 14.2 Å². The van der Waals surface area contributed by atoms with Crippen LogP contribution in [0.25, 0.3) is 11.6 Å². The van der Waals surface area contributed by atoms with Crippen LogP contribution in [0.1, 0.15) is 11.1 Å². The van der Waals surface area contributed by atoms with E-state index in [1.165, 1.54) is 6.26 Å². The summed E-state index contributed by atoms with van der Waals surface area (Å²) in [5.41, 5.74) is 1.87. The van der Waals surface area contributed by atoms with E-state index in [9.17, 15) is 8.42 Å². The fourth-order valence-electron chi connectivity index (χ4n) is 2.68. The van der Waals surface area contributed by atoms with Gasteiger partial charge in [-0.25, -0.2) is 0 Å². The maximum atomic E-state index is 13.2. The average molecular weight is 429 g/mol. The molecule has 0 saturated carbocycles. The molecule has 7 nitrogen and oxygen atoms in total. The topological polar surface area (TPSA) is 90.0 Å². The van der Waals surface area contributed by atoms with Crippen LogP contribution >= 0.6 is 11.6 Å². The number of hydrogen-bond acceptors (Lipinski definition) is 6. The lowest BCUT2D eigenvalue weighted by Gasteiger charge is -2.09. The quantitative estimate of drug-likeness (QED) is 0.491. The van der Waals surface area contributed by atoms with Crippen LogP contribution in [-0.4, -0.2) is 22.6 Å². The van der Waals surface area contributed by atoms with E-state index in [1.807, 2.05) is 19.1 Å². The Hall–Kier alpha value is -3.10. The average Bonchev–Trinajstić information content (AvgIpc) is 3.38. The van der Waals surface area contributed by atoms with Crippen molar-refractivity contribution >= 4 is 27.6 Å². The molecule has 0 aliphatic heterocycles. The third-order valence-corrected chi connectivity index (χ3v) is 6.06. The number of rotatable bonds is 6. The maximum absolute atomic E-state index is 13.2. The van der Waals surface area contributed by atoms with Crippen LogP contribution in [0.4, 0.5) is 5.95 Å². The number of anilines is 1. The Balaban J connectivity index is 1.73. The molecule has 0 bridgehead atoms. The normalized spacial score (nSPS) is 11.5. The number of nitrogens with one attached hydrogen (secondary N) is 1. The molecule has 0 radical (unpaired) electrons. The first-order valence-corrected chi connectivity index (χ1v) is 10.6. The Bertz CT molecular complexity index is 1220. The highest BCUT2D eigenvalue weighted by Crippen LogP contribution is 2.23.